The first-order valence-corrected chi connectivity index (χ1v) is 6.32. The summed E-state index contributed by atoms with van der Waals surface area (Å²) in [6.07, 6.45) is 1.56. The number of rotatable bonds is 2. The number of carbonyl (C=O) groups excluding carboxylic acids is 1. The average Bonchev–Trinajstić information content (AvgIpc) is 2.87. The van der Waals surface area contributed by atoms with Crippen LogP contribution in [0, 0.1) is 11.6 Å². The summed E-state index contributed by atoms with van der Waals surface area (Å²) >= 11 is 0. The van der Waals surface area contributed by atoms with Crippen molar-refractivity contribution >= 4 is 11.8 Å². The van der Waals surface area contributed by atoms with Gasteiger partial charge in [-0.05, 0) is 24.6 Å². The molecule has 6 heteroatoms. The van der Waals surface area contributed by atoms with Crippen LogP contribution in [-0.4, -0.2) is 16.9 Å². The molecule has 0 fully saturated rings. The summed E-state index contributed by atoms with van der Waals surface area (Å²) in [6.45, 7) is 0. The van der Waals surface area contributed by atoms with Crippen LogP contribution >= 0.6 is 0 Å². The molecule has 4 nitrogen and oxygen atoms in total. The monoisotopic (exact) mass is 292 g/mol. The Morgan fingerprint density at radius 2 is 2.10 bits per heavy atom. The minimum atomic E-state index is -1.28. The number of hydrogen-bond donors (Lipinski definition) is 1. The van der Waals surface area contributed by atoms with Gasteiger partial charge in [0.25, 0.3) is 0 Å². The second-order valence-electron chi connectivity index (χ2n) is 4.87. The number of hydrogen-bond acceptors (Lipinski definition) is 3. The van der Waals surface area contributed by atoms with Gasteiger partial charge in [0.05, 0.1) is 11.5 Å². The van der Waals surface area contributed by atoms with Crippen LogP contribution in [-0.2, 0) is 6.42 Å². The molecule has 3 rings (SSSR count). The van der Waals surface area contributed by atoms with Crippen molar-refractivity contribution < 1.29 is 27.9 Å². The number of aryl methyl sites for hydroxylation is 1. The van der Waals surface area contributed by atoms with Crippen LogP contribution in [0.3, 0.4) is 0 Å². The second kappa shape index (κ2) is 4.80. The van der Waals surface area contributed by atoms with Crippen molar-refractivity contribution in [3.63, 3.8) is 0 Å². The van der Waals surface area contributed by atoms with Gasteiger partial charge < -0.3 is 9.52 Å². The molecule has 1 unspecified atom stereocenters. The van der Waals surface area contributed by atoms with Crippen molar-refractivity contribution in [2.75, 3.05) is 0 Å². The largest absolute Gasteiger partial charge is 0.478 e. The zero-order chi connectivity index (χ0) is 15.1. The maximum absolute atomic E-state index is 13.8. The Kier molecular flexibility index (Phi) is 3.08. The van der Waals surface area contributed by atoms with Gasteiger partial charge >= 0.3 is 5.97 Å². The fraction of sp³-hybridized carbons (Fsp3) is 0.200. The van der Waals surface area contributed by atoms with E-state index in [1.807, 2.05) is 0 Å². The number of fused-ring (bicyclic) bond motifs is 1. The van der Waals surface area contributed by atoms with Crippen LogP contribution in [0.25, 0.3) is 0 Å². The van der Waals surface area contributed by atoms with Gasteiger partial charge in [-0.2, -0.15) is 0 Å². The molecule has 1 aliphatic rings. The predicted molar refractivity (Wildman–Crippen MR) is 67.4 cm³/mol. The zero-order valence-electron chi connectivity index (χ0n) is 10.7. The molecule has 1 N–H and O–H groups in total. The van der Waals surface area contributed by atoms with Crippen LogP contribution in [0.5, 0.6) is 0 Å². The van der Waals surface area contributed by atoms with Gasteiger partial charge in [-0.1, -0.05) is 0 Å². The first-order valence-electron chi connectivity index (χ1n) is 6.32. The number of Topliss-reactive ketones (excluding diaryl/α,β-unsaturated/α-hetero) is 1. The first kappa shape index (κ1) is 13.5. The van der Waals surface area contributed by atoms with E-state index in [-0.39, 0.29) is 28.9 Å². The molecular weight excluding hydrogens is 282 g/mol. The Hall–Kier alpha value is -2.50. The third-order valence-corrected chi connectivity index (χ3v) is 3.65. The molecule has 0 bridgehead atoms. The maximum Gasteiger partial charge on any atom is 0.339 e. The standard InChI is InChI=1S/C15H10F2O4/c16-7-1-3-11(17)9(5-7)8-2-4-12-13(14(8)18)10(6-21-12)15(19)20/h1,3,5-6,8H,2,4H2,(H,19,20). The van der Waals surface area contributed by atoms with Gasteiger partial charge in [-0.25, -0.2) is 13.6 Å². The van der Waals surface area contributed by atoms with Gasteiger partial charge in [0.1, 0.15) is 29.2 Å². The zero-order valence-corrected chi connectivity index (χ0v) is 10.7. The summed E-state index contributed by atoms with van der Waals surface area (Å²) in [4.78, 5) is 23.6. The molecule has 1 aromatic carbocycles. The smallest absolute Gasteiger partial charge is 0.339 e. The van der Waals surface area contributed by atoms with E-state index in [1.165, 1.54) is 0 Å². The molecule has 108 valence electrons. The highest BCUT2D eigenvalue weighted by Crippen LogP contribution is 2.36. The van der Waals surface area contributed by atoms with Gasteiger partial charge in [0.15, 0.2) is 5.78 Å². The van der Waals surface area contributed by atoms with E-state index in [4.69, 9.17) is 9.52 Å². The van der Waals surface area contributed by atoms with Crippen molar-refractivity contribution in [2.24, 2.45) is 0 Å². The Balaban J connectivity index is 2.08. The molecule has 0 radical (unpaired) electrons. The lowest BCUT2D eigenvalue weighted by molar-refractivity contribution is 0.0690. The van der Waals surface area contributed by atoms with E-state index in [9.17, 15) is 18.4 Å². The quantitative estimate of drug-likeness (QED) is 0.923. The van der Waals surface area contributed by atoms with Crippen molar-refractivity contribution in [1.29, 1.82) is 0 Å². The molecule has 2 aromatic rings. The fourth-order valence-corrected chi connectivity index (χ4v) is 2.67. The third kappa shape index (κ3) is 2.12. The summed E-state index contributed by atoms with van der Waals surface area (Å²) in [5.74, 6) is -3.77. The van der Waals surface area contributed by atoms with Crippen LogP contribution in [0.4, 0.5) is 8.78 Å². The van der Waals surface area contributed by atoms with Crippen LogP contribution in [0.2, 0.25) is 0 Å². The van der Waals surface area contributed by atoms with E-state index in [0.29, 0.717) is 6.42 Å². The number of aromatic carboxylic acids is 1. The Labute approximate surface area is 118 Å². The Morgan fingerprint density at radius 3 is 2.81 bits per heavy atom. The molecule has 0 spiro atoms. The lowest BCUT2D eigenvalue weighted by atomic mass is 9.80. The molecule has 1 aromatic heterocycles. The van der Waals surface area contributed by atoms with E-state index in [2.05, 4.69) is 0 Å². The second-order valence-corrected chi connectivity index (χ2v) is 4.87. The Bertz CT molecular complexity index is 748. The molecule has 0 amide bonds. The van der Waals surface area contributed by atoms with Crippen molar-refractivity contribution in [1.82, 2.24) is 0 Å². The lowest BCUT2D eigenvalue weighted by Gasteiger charge is -2.21. The van der Waals surface area contributed by atoms with E-state index < -0.39 is 29.3 Å². The highest BCUT2D eigenvalue weighted by molar-refractivity contribution is 6.10. The number of carbonyl (C=O) groups is 2. The van der Waals surface area contributed by atoms with Crippen molar-refractivity contribution in [2.45, 2.75) is 18.8 Å². The molecule has 1 heterocycles. The number of carboxylic acid groups (broad SMARTS) is 1. The molecular formula is C15H10F2O4. The maximum atomic E-state index is 13.8. The average molecular weight is 292 g/mol. The predicted octanol–water partition coefficient (Wildman–Crippen LogP) is 3.17. The summed E-state index contributed by atoms with van der Waals surface area (Å²) in [5, 5.41) is 9.06. The highest BCUT2D eigenvalue weighted by Gasteiger charge is 2.36. The van der Waals surface area contributed by atoms with E-state index in [1.54, 1.807) is 0 Å². The van der Waals surface area contributed by atoms with Crippen LogP contribution in [0.15, 0.2) is 28.9 Å². The summed E-state index contributed by atoms with van der Waals surface area (Å²) in [7, 11) is 0. The minimum absolute atomic E-state index is 0.0394. The number of ketones is 1. The topological polar surface area (TPSA) is 67.5 Å². The minimum Gasteiger partial charge on any atom is -0.478 e. The number of benzene rings is 1. The fourth-order valence-electron chi connectivity index (χ4n) is 2.67. The van der Waals surface area contributed by atoms with Gasteiger partial charge in [0.2, 0.25) is 0 Å². The third-order valence-electron chi connectivity index (χ3n) is 3.65. The number of carboxylic acids is 1. The first-order chi connectivity index (χ1) is 9.99. The summed E-state index contributed by atoms with van der Waals surface area (Å²) in [5.41, 5.74) is -0.331. The number of furan rings is 1. The molecule has 21 heavy (non-hydrogen) atoms. The van der Waals surface area contributed by atoms with Crippen molar-refractivity contribution in [3.8, 4) is 0 Å². The normalized spacial score (nSPS) is 17.6. The summed E-state index contributed by atoms with van der Waals surface area (Å²) in [6, 6.07) is 2.91. The van der Waals surface area contributed by atoms with E-state index in [0.717, 1.165) is 24.5 Å². The molecule has 0 aliphatic heterocycles. The molecule has 1 aliphatic carbocycles. The van der Waals surface area contributed by atoms with Crippen LogP contribution < -0.4 is 0 Å². The molecule has 0 saturated carbocycles. The highest BCUT2D eigenvalue weighted by atomic mass is 19.1. The van der Waals surface area contributed by atoms with Gasteiger partial charge in [0, 0.05) is 12.0 Å². The van der Waals surface area contributed by atoms with E-state index >= 15 is 0 Å². The number of halogens is 2. The van der Waals surface area contributed by atoms with Gasteiger partial charge in [-0.3, -0.25) is 4.79 Å². The molecule has 1 atom stereocenters. The van der Waals surface area contributed by atoms with Crippen LogP contribution in [0.1, 0.15) is 44.4 Å². The Morgan fingerprint density at radius 1 is 1.33 bits per heavy atom. The molecule has 0 saturated heterocycles. The summed E-state index contributed by atoms with van der Waals surface area (Å²) < 4.78 is 32.2. The van der Waals surface area contributed by atoms with Gasteiger partial charge in [-0.15, -0.1) is 0 Å². The SMILES string of the molecule is O=C(O)c1coc2c1C(=O)C(c1cc(F)ccc1F)CC2. The van der Waals surface area contributed by atoms with Crippen molar-refractivity contribution in [3.05, 3.63) is 58.5 Å². The lowest BCUT2D eigenvalue weighted by Crippen LogP contribution is -2.23.